The molecule has 1 rings (SSSR count). The van der Waals surface area contributed by atoms with Crippen molar-refractivity contribution in [1.29, 1.82) is 5.26 Å². The maximum Gasteiger partial charge on any atom is 0.147 e. The highest BCUT2D eigenvalue weighted by Gasteiger charge is 2.22. The molecule has 0 amide bonds. The Kier molecular flexibility index (Phi) is 2.68. The third-order valence-corrected chi connectivity index (χ3v) is 2.39. The van der Waals surface area contributed by atoms with E-state index in [-0.39, 0.29) is 10.7 Å². The quantitative estimate of drug-likeness (QED) is 0.728. The minimum absolute atomic E-state index is 0.0795. The second-order valence-corrected chi connectivity index (χ2v) is 4.00. The molecule has 2 nitrogen and oxygen atoms in total. The first-order valence-corrected chi connectivity index (χ1v) is 4.42. The van der Waals surface area contributed by atoms with Gasteiger partial charge in [0.25, 0.3) is 0 Å². The molecule has 0 fully saturated rings. The molecule has 0 bridgehead atoms. The predicted octanol–water partition coefficient (Wildman–Crippen LogP) is 2.86. The van der Waals surface area contributed by atoms with Crippen LogP contribution in [-0.2, 0) is 5.41 Å². The van der Waals surface area contributed by atoms with Gasteiger partial charge in [0.1, 0.15) is 5.82 Å². The van der Waals surface area contributed by atoms with Crippen molar-refractivity contribution in [1.82, 2.24) is 0 Å². The number of nitrogen functional groups attached to an aromatic ring is 1. The molecule has 0 unspecified atom stereocenters. The second kappa shape index (κ2) is 3.47. The standard InChI is InChI=1S/C10H10ClFN2/c1-10(2,5-13)6-3-7(11)9(14)8(12)4-6/h3-4H,14H2,1-2H3. The van der Waals surface area contributed by atoms with Gasteiger partial charge < -0.3 is 5.73 Å². The molecule has 0 atom stereocenters. The molecule has 74 valence electrons. The van der Waals surface area contributed by atoms with Gasteiger partial charge >= 0.3 is 0 Å². The molecular formula is C10H10ClFN2. The van der Waals surface area contributed by atoms with Crippen LogP contribution in [0, 0.1) is 17.1 Å². The molecular weight excluding hydrogens is 203 g/mol. The van der Waals surface area contributed by atoms with E-state index < -0.39 is 11.2 Å². The zero-order valence-corrected chi connectivity index (χ0v) is 8.69. The van der Waals surface area contributed by atoms with Crippen LogP contribution in [-0.4, -0.2) is 0 Å². The lowest BCUT2D eigenvalue weighted by Crippen LogP contribution is -2.14. The number of rotatable bonds is 1. The fraction of sp³-hybridized carbons (Fsp3) is 0.300. The minimum Gasteiger partial charge on any atom is -0.395 e. The molecule has 14 heavy (non-hydrogen) atoms. The summed E-state index contributed by atoms with van der Waals surface area (Å²) in [5.74, 6) is -0.587. The summed E-state index contributed by atoms with van der Waals surface area (Å²) < 4.78 is 13.2. The van der Waals surface area contributed by atoms with Gasteiger partial charge in [0.15, 0.2) is 0 Å². The molecule has 0 aliphatic rings. The van der Waals surface area contributed by atoms with E-state index in [4.69, 9.17) is 22.6 Å². The number of nitriles is 1. The lowest BCUT2D eigenvalue weighted by atomic mass is 9.86. The van der Waals surface area contributed by atoms with Crippen molar-refractivity contribution in [2.24, 2.45) is 0 Å². The monoisotopic (exact) mass is 212 g/mol. The number of hydrogen-bond donors (Lipinski definition) is 1. The number of nitrogens with zero attached hydrogens (tertiary/aromatic N) is 1. The normalized spacial score (nSPS) is 11.1. The molecule has 0 heterocycles. The van der Waals surface area contributed by atoms with Crippen LogP contribution in [0.5, 0.6) is 0 Å². The van der Waals surface area contributed by atoms with Gasteiger partial charge in [-0.25, -0.2) is 4.39 Å². The number of anilines is 1. The molecule has 0 aliphatic heterocycles. The number of halogens is 2. The lowest BCUT2D eigenvalue weighted by molar-refractivity contribution is 0.617. The Bertz CT molecular complexity index is 384. The summed E-state index contributed by atoms with van der Waals surface area (Å²) in [4.78, 5) is 0. The largest absolute Gasteiger partial charge is 0.395 e. The van der Waals surface area contributed by atoms with Gasteiger partial charge in [-0.05, 0) is 31.5 Å². The zero-order chi connectivity index (χ0) is 10.9. The number of benzene rings is 1. The summed E-state index contributed by atoms with van der Waals surface area (Å²) in [6.45, 7) is 3.38. The molecule has 1 aromatic rings. The van der Waals surface area contributed by atoms with Crippen molar-refractivity contribution in [3.8, 4) is 6.07 Å². The highest BCUT2D eigenvalue weighted by molar-refractivity contribution is 6.33. The van der Waals surface area contributed by atoms with Crippen LogP contribution in [0.2, 0.25) is 5.02 Å². The number of hydrogen-bond acceptors (Lipinski definition) is 2. The van der Waals surface area contributed by atoms with Gasteiger partial charge in [-0.1, -0.05) is 11.6 Å². The average Bonchev–Trinajstić information content (AvgIpc) is 2.13. The molecule has 4 heteroatoms. The van der Waals surface area contributed by atoms with Crippen molar-refractivity contribution in [2.75, 3.05) is 5.73 Å². The predicted molar refractivity (Wildman–Crippen MR) is 54.5 cm³/mol. The van der Waals surface area contributed by atoms with E-state index in [9.17, 15) is 4.39 Å². The van der Waals surface area contributed by atoms with Crippen LogP contribution < -0.4 is 5.73 Å². The van der Waals surface area contributed by atoms with Crippen molar-refractivity contribution in [3.63, 3.8) is 0 Å². The molecule has 2 N–H and O–H groups in total. The summed E-state index contributed by atoms with van der Waals surface area (Å²) in [5.41, 5.74) is 5.03. The fourth-order valence-electron chi connectivity index (χ4n) is 1.01. The van der Waals surface area contributed by atoms with Crippen molar-refractivity contribution >= 4 is 17.3 Å². The van der Waals surface area contributed by atoms with Gasteiger partial charge in [0.2, 0.25) is 0 Å². The Labute approximate surface area is 87.1 Å². The van der Waals surface area contributed by atoms with Crippen LogP contribution in [0.1, 0.15) is 19.4 Å². The minimum atomic E-state index is -0.766. The summed E-state index contributed by atoms with van der Waals surface area (Å²) in [7, 11) is 0. The first kappa shape index (κ1) is 10.8. The molecule has 0 saturated carbocycles. The summed E-state index contributed by atoms with van der Waals surface area (Å²) in [5, 5.41) is 8.99. The second-order valence-electron chi connectivity index (χ2n) is 3.59. The van der Waals surface area contributed by atoms with Gasteiger partial charge in [-0.3, -0.25) is 0 Å². The third kappa shape index (κ3) is 1.80. The first-order chi connectivity index (χ1) is 6.38. The highest BCUT2D eigenvalue weighted by atomic mass is 35.5. The molecule has 0 aromatic heterocycles. The van der Waals surface area contributed by atoms with Crippen LogP contribution in [0.4, 0.5) is 10.1 Å². The topological polar surface area (TPSA) is 49.8 Å². The van der Waals surface area contributed by atoms with Gasteiger partial charge in [-0.15, -0.1) is 0 Å². The maximum absolute atomic E-state index is 13.2. The van der Waals surface area contributed by atoms with Crippen molar-refractivity contribution in [2.45, 2.75) is 19.3 Å². The van der Waals surface area contributed by atoms with Crippen LogP contribution in [0.25, 0.3) is 0 Å². The molecule has 0 spiro atoms. The Hall–Kier alpha value is -1.27. The Morgan fingerprint density at radius 3 is 2.50 bits per heavy atom. The number of nitrogens with two attached hydrogens (primary N) is 1. The van der Waals surface area contributed by atoms with Gasteiger partial charge in [-0.2, -0.15) is 5.26 Å². The third-order valence-electron chi connectivity index (χ3n) is 2.08. The highest BCUT2D eigenvalue weighted by Crippen LogP contribution is 2.30. The Balaban J connectivity index is 3.35. The van der Waals surface area contributed by atoms with E-state index >= 15 is 0 Å². The van der Waals surface area contributed by atoms with Gasteiger partial charge in [0.05, 0.1) is 22.2 Å². The van der Waals surface area contributed by atoms with Crippen LogP contribution >= 0.6 is 11.6 Å². The van der Waals surface area contributed by atoms with Crippen LogP contribution in [0.15, 0.2) is 12.1 Å². The van der Waals surface area contributed by atoms with Gasteiger partial charge in [0, 0.05) is 0 Å². The van der Waals surface area contributed by atoms with E-state index in [2.05, 4.69) is 6.07 Å². The SMILES string of the molecule is CC(C)(C#N)c1cc(F)c(N)c(Cl)c1. The average molecular weight is 213 g/mol. The zero-order valence-electron chi connectivity index (χ0n) is 7.94. The van der Waals surface area contributed by atoms with Crippen LogP contribution in [0.3, 0.4) is 0 Å². The van der Waals surface area contributed by atoms with E-state index in [1.54, 1.807) is 13.8 Å². The van der Waals surface area contributed by atoms with E-state index in [1.807, 2.05) is 0 Å². The molecule has 0 saturated heterocycles. The Morgan fingerprint density at radius 2 is 2.07 bits per heavy atom. The summed E-state index contributed by atoms with van der Waals surface area (Å²) in [6, 6.07) is 4.82. The van der Waals surface area contributed by atoms with E-state index in [1.165, 1.54) is 12.1 Å². The van der Waals surface area contributed by atoms with Crippen molar-refractivity contribution < 1.29 is 4.39 Å². The smallest absolute Gasteiger partial charge is 0.147 e. The van der Waals surface area contributed by atoms with E-state index in [0.29, 0.717) is 5.56 Å². The molecule has 0 aliphatic carbocycles. The first-order valence-electron chi connectivity index (χ1n) is 4.04. The molecule has 1 aromatic carbocycles. The molecule has 0 radical (unpaired) electrons. The summed E-state index contributed by atoms with van der Waals surface area (Å²) in [6.07, 6.45) is 0. The van der Waals surface area contributed by atoms with Crippen molar-refractivity contribution in [3.05, 3.63) is 28.5 Å². The van der Waals surface area contributed by atoms with E-state index in [0.717, 1.165) is 0 Å². The maximum atomic E-state index is 13.2. The fourth-order valence-corrected chi connectivity index (χ4v) is 1.22. The summed E-state index contributed by atoms with van der Waals surface area (Å²) >= 11 is 5.71. The lowest BCUT2D eigenvalue weighted by Gasteiger charge is -2.16. The Morgan fingerprint density at radius 1 is 1.50 bits per heavy atom.